The molecule has 4 aromatic carbocycles. The third-order valence-electron chi connectivity index (χ3n) is 13.1. The van der Waals surface area contributed by atoms with Crippen molar-refractivity contribution in [2.75, 3.05) is 7.11 Å². The second kappa shape index (κ2) is 12.0. The van der Waals surface area contributed by atoms with Gasteiger partial charge in [-0.05, 0) is 128 Å². The number of aromatic amines is 1. The second-order valence-electron chi connectivity index (χ2n) is 15.2. The molecule has 4 N–H and O–H groups in total. The fourth-order valence-corrected chi connectivity index (χ4v) is 11.1. The molecule has 4 aliphatic carbocycles. The Hall–Kier alpha value is -4.62. The highest BCUT2D eigenvalue weighted by atomic mass is 16.4. The van der Waals surface area contributed by atoms with Crippen molar-refractivity contribution in [3.8, 4) is 5.69 Å². The first-order chi connectivity index (χ1) is 24.5. The number of nitrogens with one attached hydrogen (secondary N) is 1. The van der Waals surface area contributed by atoms with Crippen molar-refractivity contribution in [1.82, 2.24) is 9.55 Å². The molecule has 0 aliphatic heterocycles. The van der Waals surface area contributed by atoms with Gasteiger partial charge < -0.3 is 24.9 Å². The number of aliphatic hydroxyl groups is 1. The van der Waals surface area contributed by atoms with Gasteiger partial charge in [0.15, 0.2) is 0 Å². The smallest absolute Gasteiger partial charge is 0.306 e. The molecule has 7 nitrogen and oxygen atoms in total. The number of fused-ring (bicyclic) bond motifs is 12. The molecule has 6 atom stereocenters. The molecule has 0 bridgehead atoms. The summed E-state index contributed by atoms with van der Waals surface area (Å²) in [5.41, 5.74) is 11.3. The number of H-pyrrole nitrogens is 1. The molecule has 10 rings (SSSR count). The molecule has 2 saturated carbocycles. The maximum atomic E-state index is 12.4. The van der Waals surface area contributed by atoms with Crippen molar-refractivity contribution >= 4 is 55.6 Å². The van der Waals surface area contributed by atoms with E-state index in [1.807, 2.05) is 0 Å². The van der Waals surface area contributed by atoms with Gasteiger partial charge in [-0.2, -0.15) is 0 Å². The number of aliphatic carboxylic acids is 2. The predicted molar refractivity (Wildman–Crippen MR) is 197 cm³/mol. The number of carboxylic acid groups (broad SMARTS) is 2. The highest BCUT2D eigenvalue weighted by Crippen LogP contribution is 2.53. The first-order valence-electron chi connectivity index (χ1n) is 18.5. The summed E-state index contributed by atoms with van der Waals surface area (Å²) < 4.78 is 2.52. The average Bonchev–Trinajstić information content (AvgIpc) is 3.68. The molecule has 6 unspecified atom stereocenters. The first kappa shape index (κ1) is 31.4. The van der Waals surface area contributed by atoms with Gasteiger partial charge in [-0.1, -0.05) is 49.2 Å². The zero-order chi connectivity index (χ0) is 34.3. The molecular weight excluding hydrogens is 624 g/mol. The van der Waals surface area contributed by atoms with Crippen molar-refractivity contribution in [3.05, 3.63) is 89.0 Å². The van der Waals surface area contributed by atoms with Gasteiger partial charge >= 0.3 is 11.9 Å². The number of aryl methyl sites for hydroxylation is 1. The minimum atomic E-state index is -0.636. The minimum Gasteiger partial charge on any atom is -0.481 e. The summed E-state index contributed by atoms with van der Waals surface area (Å²) in [6, 6.07) is 24.6. The van der Waals surface area contributed by atoms with E-state index in [0.717, 1.165) is 82.4 Å². The van der Waals surface area contributed by atoms with Gasteiger partial charge in [0.1, 0.15) is 0 Å². The van der Waals surface area contributed by atoms with Crippen molar-refractivity contribution < 1.29 is 24.9 Å². The van der Waals surface area contributed by atoms with Gasteiger partial charge in [0, 0.05) is 34.2 Å². The van der Waals surface area contributed by atoms with E-state index in [4.69, 9.17) is 5.11 Å². The Labute approximate surface area is 290 Å². The Kier molecular flexibility index (Phi) is 7.54. The number of aromatic nitrogens is 2. The van der Waals surface area contributed by atoms with Crippen LogP contribution in [0.2, 0.25) is 0 Å². The van der Waals surface area contributed by atoms with Gasteiger partial charge in [-0.25, -0.2) is 0 Å². The van der Waals surface area contributed by atoms with Gasteiger partial charge in [0.05, 0.1) is 34.1 Å². The lowest BCUT2D eigenvalue weighted by molar-refractivity contribution is -0.146. The number of carbonyl (C=O) groups is 2. The monoisotopic (exact) mass is 668 g/mol. The van der Waals surface area contributed by atoms with Crippen LogP contribution in [0.1, 0.15) is 85.5 Å². The fourth-order valence-electron chi connectivity index (χ4n) is 11.1. The molecule has 0 saturated heterocycles. The lowest BCUT2D eigenvalue weighted by atomic mass is 9.63. The number of hydrogen-bond acceptors (Lipinski definition) is 3. The highest BCUT2D eigenvalue weighted by Gasteiger charge is 2.43. The maximum absolute atomic E-state index is 12.4. The number of para-hydroxylation sites is 2. The summed E-state index contributed by atoms with van der Waals surface area (Å²) in [4.78, 5) is 28.6. The molecule has 256 valence electrons. The van der Waals surface area contributed by atoms with Crippen molar-refractivity contribution in [1.29, 1.82) is 0 Å². The molecule has 7 heteroatoms. The van der Waals surface area contributed by atoms with Gasteiger partial charge in [-0.15, -0.1) is 0 Å². The normalized spacial score (nSPS) is 25.7. The second-order valence-corrected chi connectivity index (χ2v) is 15.2. The first-order valence-corrected chi connectivity index (χ1v) is 18.5. The molecule has 0 amide bonds. The van der Waals surface area contributed by atoms with Crippen LogP contribution < -0.4 is 0 Å². The lowest BCUT2D eigenvalue weighted by Crippen LogP contribution is -2.35. The minimum absolute atomic E-state index is 0.169. The summed E-state index contributed by atoms with van der Waals surface area (Å²) in [6.07, 6.45) is 9.19. The molecule has 2 aromatic heterocycles. The third kappa shape index (κ3) is 4.51. The van der Waals surface area contributed by atoms with E-state index in [2.05, 4.69) is 76.3 Å². The fraction of sp³-hybridized carbons (Fsp3) is 0.395. The van der Waals surface area contributed by atoms with E-state index in [1.54, 1.807) is 0 Å². The third-order valence-corrected chi connectivity index (χ3v) is 13.1. The number of benzene rings is 4. The SMILES string of the molecule is CO.O=C(O)C1CCCC2c3cc4c5ccccc5n(-c5c6c(cc7c5[nH]c5ccccc57)C5CCCC(C(=O)O)C5CC6)c4cc3CCC12. The van der Waals surface area contributed by atoms with Crippen LogP contribution in [-0.2, 0) is 22.4 Å². The largest absolute Gasteiger partial charge is 0.481 e. The van der Waals surface area contributed by atoms with Crippen LogP contribution in [0.3, 0.4) is 0 Å². The molecule has 2 fully saturated rings. The van der Waals surface area contributed by atoms with E-state index in [9.17, 15) is 19.8 Å². The zero-order valence-corrected chi connectivity index (χ0v) is 28.5. The Morgan fingerprint density at radius 2 is 1.28 bits per heavy atom. The molecule has 0 radical (unpaired) electrons. The summed E-state index contributed by atoms with van der Waals surface area (Å²) in [7, 11) is 1.00. The predicted octanol–water partition coefficient (Wildman–Crippen LogP) is 9.09. The number of carboxylic acids is 2. The van der Waals surface area contributed by atoms with Crippen molar-refractivity contribution in [2.24, 2.45) is 23.7 Å². The highest BCUT2D eigenvalue weighted by molar-refractivity contribution is 6.15. The van der Waals surface area contributed by atoms with Gasteiger partial charge in [0.2, 0.25) is 0 Å². The number of hydrogen-bond donors (Lipinski definition) is 4. The summed E-state index contributed by atoms with van der Waals surface area (Å²) >= 11 is 0. The van der Waals surface area contributed by atoms with Crippen molar-refractivity contribution in [2.45, 2.75) is 76.0 Å². The van der Waals surface area contributed by atoms with E-state index in [1.165, 1.54) is 60.5 Å². The van der Waals surface area contributed by atoms with Gasteiger partial charge in [0.25, 0.3) is 0 Å². The van der Waals surface area contributed by atoms with Gasteiger partial charge in [-0.3, -0.25) is 9.59 Å². The summed E-state index contributed by atoms with van der Waals surface area (Å²) in [6.45, 7) is 0. The topological polar surface area (TPSA) is 116 Å². The number of aliphatic hydroxyl groups excluding tert-OH is 1. The quantitative estimate of drug-likeness (QED) is 0.150. The Bertz CT molecular complexity index is 2330. The molecular formula is C43H44N2O5. The van der Waals surface area contributed by atoms with E-state index in [0.29, 0.717) is 5.92 Å². The van der Waals surface area contributed by atoms with Crippen LogP contribution in [0.4, 0.5) is 0 Å². The van der Waals surface area contributed by atoms with Crippen LogP contribution >= 0.6 is 0 Å². The zero-order valence-electron chi connectivity index (χ0n) is 28.5. The lowest BCUT2D eigenvalue weighted by Gasteiger charge is -2.41. The molecule has 2 heterocycles. The molecule has 0 spiro atoms. The van der Waals surface area contributed by atoms with Crippen LogP contribution in [0.5, 0.6) is 0 Å². The Balaban J connectivity index is 0.00000165. The Morgan fingerprint density at radius 3 is 2.00 bits per heavy atom. The van der Waals surface area contributed by atoms with Crippen LogP contribution in [0.15, 0.2) is 66.7 Å². The van der Waals surface area contributed by atoms with Crippen LogP contribution in [-0.4, -0.2) is 43.9 Å². The molecule has 6 aromatic rings. The number of rotatable bonds is 3. The standard InChI is InChI=1S/C42H40N2O4.CH4O/c45-41(46)30-11-5-9-23-25(30)16-15-22-19-38-34(20-32(22)23)28-8-2-4-14-37(28)44(38)40-29-18-17-26-24(10-6-12-31(26)42(47)48)33(29)21-35-27-7-1-3-13-36(27)43-39(35)40;1-2/h1-4,7-8,13-14,19-21,23-26,30-31,43H,5-6,9-12,15-18H2,(H,45,46)(H,47,48);2H,1H3. The van der Waals surface area contributed by atoms with E-state index >= 15 is 0 Å². The molecule has 50 heavy (non-hydrogen) atoms. The maximum Gasteiger partial charge on any atom is 0.306 e. The van der Waals surface area contributed by atoms with Crippen LogP contribution in [0, 0.1) is 23.7 Å². The Morgan fingerprint density at radius 1 is 0.660 bits per heavy atom. The summed E-state index contributed by atoms with van der Waals surface area (Å²) in [5.74, 6) is -0.868. The summed E-state index contributed by atoms with van der Waals surface area (Å²) in [5, 5.41) is 32.2. The van der Waals surface area contributed by atoms with Crippen molar-refractivity contribution in [3.63, 3.8) is 0 Å². The van der Waals surface area contributed by atoms with E-state index < -0.39 is 11.9 Å². The van der Waals surface area contributed by atoms with E-state index in [-0.39, 0.29) is 29.6 Å². The van der Waals surface area contributed by atoms with Crippen LogP contribution in [0.25, 0.3) is 49.3 Å². The molecule has 4 aliphatic rings. The number of nitrogens with zero attached hydrogens (tertiary/aromatic N) is 1. The average molecular weight is 669 g/mol.